The van der Waals surface area contributed by atoms with Gasteiger partial charge in [-0.1, -0.05) is 0 Å². The summed E-state index contributed by atoms with van der Waals surface area (Å²) in [4.78, 5) is 13.5. The molecule has 1 aromatic rings. The number of nitrogens with two attached hydrogens (primary N) is 1. The van der Waals surface area contributed by atoms with Crippen molar-refractivity contribution < 1.29 is 4.79 Å². The Bertz CT molecular complexity index is 381. The number of hydrogen-bond donors (Lipinski definition) is 2. The normalized spacial score (nSPS) is 10.2. The minimum atomic E-state index is -0.153. The number of urea groups is 1. The third kappa shape index (κ3) is 2.26. The van der Waals surface area contributed by atoms with Crippen molar-refractivity contribution in [1.82, 2.24) is 14.7 Å². The number of hydrogen-bond acceptors (Lipinski definition) is 3. The average Bonchev–Trinajstić information content (AvgIpc) is 2.47. The van der Waals surface area contributed by atoms with Crippen molar-refractivity contribution in [3.8, 4) is 0 Å². The molecule has 0 saturated heterocycles. The van der Waals surface area contributed by atoms with E-state index in [1.807, 2.05) is 20.8 Å². The van der Waals surface area contributed by atoms with Crippen LogP contribution >= 0.6 is 0 Å². The molecular formula is C10H19N5O. The Morgan fingerprint density at radius 2 is 2.06 bits per heavy atom. The highest BCUT2D eigenvalue weighted by Crippen LogP contribution is 2.21. The Morgan fingerprint density at radius 3 is 2.44 bits per heavy atom. The van der Waals surface area contributed by atoms with Gasteiger partial charge in [-0.25, -0.2) is 4.79 Å². The van der Waals surface area contributed by atoms with E-state index in [1.54, 1.807) is 16.6 Å². The molecule has 0 aliphatic carbocycles. The average molecular weight is 225 g/mol. The number of nitrogens with zero attached hydrogens (tertiary/aromatic N) is 3. The van der Waals surface area contributed by atoms with Gasteiger partial charge in [0.05, 0.1) is 11.4 Å². The van der Waals surface area contributed by atoms with Crippen LogP contribution in [-0.2, 0) is 7.05 Å². The molecule has 16 heavy (non-hydrogen) atoms. The largest absolute Gasteiger partial charge is 0.394 e. The van der Waals surface area contributed by atoms with Crippen molar-refractivity contribution in [3.63, 3.8) is 0 Å². The summed E-state index contributed by atoms with van der Waals surface area (Å²) in [5.74, 6) is 0.550. The summed E-state index contributed by atoms with van der Waals surface area (Å²) in [5, 5.41) is 6.90. The first-order valence-electron chi connectivity index (χ1n) is 5.36. The molecule has 0 atom stereocenters. The van der Waals surface area contributed by atoms with Crippen LogP contribution in [0.25, 0.3) is 0 Å². The number of carbonyl (C=O) groups is 1. The van der Waals surface area contributed by atoms with E-state index in [1.165, 1.54) is 0 Å². The molecule has 0 fully saturated rings. The fourth-order valence-corrected chi connectivity index (χ4v) is 1.51. The molecule has 0 aliphatic rings. The molecule has 0 unspecified atom stereocenters. The molecule has 1 rings (SSSR count). The number of amides is 2. The highest BCUT2D eigenvalue weighted by Gasteiger charge is 2.15. The maximum atomic E-state index is 11.8. The van der Waals surface area contributed by atoms with Crippen LogP contribution in [0.1, 0.15) is 19.5 Å². The molecule has 1 heterocycles. The highest BCUT2D eigenvalue weighted by molar-refractivity contribution is 5.91. The molecule has 2 amide bonds. The predicted molar refractivity (Wildman–Crippen MR) is 64.3 cm³/mol. The number of aryl methyl sites for hydroxylation is 2. The number of rotatable bonds is 3. The second-order valence-corrected chi connectivity index (χ2v) is 3.57. The monoisotopic (exact) mass is 225 g/mol. The molecule has 1 aromatic heterocycles. The van der Waals surface area contributed by atoms with Crippen molar-refractivity contribution in [1.29, 1.82) is 0 Å². The van der Waals surface area contributed by atoms with Gasteiger partial charge in [0.15, 0.2) is 5.82 Å². The van der Waals surface area contributed by atoms with Crippen molar-refractivity contribution in [2.24, 2.45) is 7.05 Å². The van der Waals surface area contributed by atoms with E-state index in [0.29, 0.717) is 24.6 Å². The first-order chi connectivity index (χ1) is 7.51. The van der Waals surface area contributed by atoms with Gasteiger partial charge < -0.3 is 10.6 Å². The summed E-state index contributed by atoms with van der Waals surface area (Å²) < 4.78 is 1.58. The van der Waals surface area contributed by atoms with E-state index in [-0.39, 0.29) is 6.03 Å². The number of carbonyl (C=O) groups excluding carboxylic acids is 1. The molecule has 0 radical (unpaired) electrons. The standard InChI is InChI=1S/C10H19N5O/c1-5-15(6-2)10(16)12-9-8(11)7(3)13-14(9)4/h5-6,11H2,1-4H3,(H,12,16). The molecule has 0 aliphatic heterocycles. The molecule has 6 nitrogen and oxygen atoms in total. The lowest BCUT2D eigenvalue weighted by molar-refractivity contribution is 0.217. The topological polar surface area (TPSA) is 76.2 Å². The van der Waals surface area contributed by atoms with Crippen LogP contribution in [0.4, 0.5) is 16.3 Å². The van der Waals surface area contributed by atoms with Crippen molar-refractivity contribution in [2.45, 2.75) is 20.8 Å². The van der Waals surface area contributed by atoms with Crippen LogP contribution in [0, 0.1) is 6.92 Å². The Kier molecular flexibility index (Phi) is 3.76. The predicted octanol–water partition coefficient (Wildman–Crippen LogP) is 1.18. The van der Waals surface area contributed by atoms with Crippen LogP contribution < -0.4 is 11.1 Å². The lowest BCUT2D eigenvalue weighted by Gasteiger charge is -2.19. The van der Waals surface area contributed by atoms with Crippen molar-refractivity contribution in [3.05, 3.63) is 5.69 Å². The summed E-state index contributed by atoms with van der Waals surface area (Å²) in [7, 11) is 1.75. The number of anilines is 2. The van der Waals surface area contributed by atoms with Gasteiger partial charge in [-0.2, -0.15) is 5.10 Å². The molecule has 0 saturated carbocycles. The second kappa shape index (κ2) is 4.87. The Labute approximate surface area is 95.4 Å². The molecule has 0 spiro atoms. The van der Waals surface area contributed by atoms with Gasteiger partial charge in [0.2, 0.25) is 0 Å². The molecule has 0 aromatic carbocycles. The fraction of sp³-hybridized carbons (Fsp3) is 0.600. The van der Waals surface area contributed by atoms with Gasteiger partial charge in [0, 0.05) is 20.1 Å². The van der Waals surface area contributed by atoms with E-state index in [2.05, 4.69) is 10.4 Å². The van der Waals surface area contributed by atoms with Crippen LogP contribution in [-0.4, -0.2) is 33.8 Å². The van der Waals surface area contributed by atoms with Gasteiger partial charge >= 0.3 is 6.03 Å². The summed E-state index contributed by atoms with van der Waals surface area (Å²) >= 11 is 0. The molecule has 6 heteroatoms. The first-order valence-corrected chi connectivity index (χ1v) is 5.36. The number of aromatic nitrogens is 2. The highest BCUT2D eigenvalue weighted by atomic mass is 16.2. The minimum Gasteiger partial charge on any atom is -0.394 e. The molecule has 90 valence electrons. The number of nitrogens with one attached hydrogen (secondary N) is 1. The van der Waals surface area contributed by atoms with Crippen LogP contribution in [0.15, 0.2) is 0 Å². The molecule has 0 bridgehead atoms. The minimum absolute atomic E-state index is 0.153. The summed E-state index contributed by atoms with van der Waals surface area (Å²) in [6.07, 6.45) is 0. The molecular weight excluding hydrogens is 206 g/mol. The first kappa shape index (κ1) is 12.4. The SMILES string of the molecule is CCN(CC)C(=O)Nc1c(N)c(C)nn1C. The van der Waals surface area contributed by atoms with Gasteiger partial charge in [0.1, 0.15) is 0 Å². The third-order valence-corrected chi connectivity index (χ3v) is 2.54. The summed E-state index contributed by atoms with van der Waals surface area (Å²) in [6, 6.07) is -0.153. The van der Waals surface area contributed by atoms with E-state index in [0.717, 1.165) is 5.69 Å². The summed E-state index contributed by atoms with van der Waals surface area (Å²) in [6.45, 7) is 7.00. The van der Waals surface area contributed by atoms with Gasteiger partial charge in [0.25, 0.3) is 0 Å². The van der Waals surface area contributed by atoms with Crippen molar-refractivity contribution >= 4 is 17.5 Å². The van der Waals surface area contributed by atoms with Crippen LogP contribution in [0.3, 0.4) is 0 Å². The quantitative estimate of drug-likeness (QED) is 0.811. The Hall–Kier alpha value is -1.72. The Balaban J connectivity index is 2.84. The lowest BCUT2D eigenvalue weighted by atomic mass is 10.4. The van der Waals surface area contributed by atoms with Crippen LogP contribution in [0.2, 0.25) is 0 Å². The van der Waals surface area contributed by atoms with Gasteiger partial charge in [-0.05, 0) is 20.8 Å². The van der Waals surface area contributed by atoms with E-state index >= 15 is 0 Å². The lowest BCUT2D eigenvalue weighted by Crippen LogP contribution is -2.35. The van der Waals surface area contributed by atoms with E-state index < -0.39 is 0 Å². The van der Waals surface area contributed by atoms with Gasteiger partial charge in [-0.3, -0.25) is 10.00 Å². The number of nitrogen functional groups attached to an aromatic ring is 1. The third-order valence-electron chi connectivity index (χ3n) is 2.54. The van der Waals surface area contributed by atoms with E-state index in [9.17, 15) is 4.79 Å². The van der Waals surface area contributed by atoms with Crippen molar-refractivity contribution in [2.75, 3.05) is 24.1 Å². The maximum Gasteiger partial charge on any atom is 0.323 e. The second-order valence-electron chi connectivity index (χ2n) is 3.57. The zero-order valence-electron chi connectivity index (χ0n) is 10.2. The molecule has 3 N–H and O–H groups in total. The van der Waals surface area contributed by atoms with Crippen LogP contribution in [0.5, 0.6) is 0 Å². The maximum absolute atomic E-state index is 11.8. The smallest absolute Gasteiger partial charge is 0.323 e. The summed E-state index contributed by atoms with van der Waals surface area (Å²) in [5.41, 5.74) is 7.05. The Morgan fingerprint density at radius 1 is 1.50 bits per heavy atom. The zero-order valence-corrected chi connectivity index (χ0v) is 10.2. The zero-order chi connectivity index (χ0) is 12.3. The fourth-order valence-electron chi connectivity index (χ4n) is 1.51. The van der Waals surface area contributed by atoms with Gasteiger partial charge in [-0.15, -0.1) is 0 Å². The van der Waals surface area contributed by atoms with E-state index in [4.69, 9.17) is 5.73 Å².